The molecule has 1 aliphatic rings. The topological polar surface area (TPSA) is 69.8 Å². The lowest BCUT2D eigenvalue weighted by molar-refractivity contribution is 0.0628. The molecular formula is C15H22FN3O2. The number of carbonyl (C=O) groups excluding carboxylic acids is 1. The van der Waals surface area contributed by atoms with Crippen LogP contribution in [0.1, 0.15) is 23.2 Å². The Kier molecular flexibility index (Phi) is 5.52. The molecule has 0 aromatic heterocycles. The molecule has 0 saturated carbocycles. The van der Waals surface area contributed by atoms with Gasteiger partial charge in [-0.1, -0.05) is 6.07 Å². The first-order valence-electron chi connectivity index (χ1n) is 7.32. The average Bonchev–Trinajstić information content (AvgIpc) is 2.48. The van der Waals surface area contributed by atoms with E-state index in [1.807, 2.05) is 0 Å². The molecule has 0 atom stereocenters. The van der Waals surface area contributed by atoms with Crippen molar-refractivity contribution in [3.8, 4) is 5.75 Å². The summed E-state index contributed by atoms with van der Waals surface area (Å²) in [5, 5.41) is 9.68. The predicted octanol–water partition coefficient (Wildman–Crippen LogP) is 1.03. The number of piperazine rings is 1. The molecule has 6 heteroatoms. The third-order valence-electron chi connectivity index (χ3n) is 3.79. The molecule has 1 heterocycles. The Labute approximate surface area is 124 Å². The number of phenols is 1. The summed E-state index contributed by atoms with van der Waals surface area (Å²) in [6, 6.07) is 3.91. The molecule has 0 unspecified atom stereocenters. The molecule has 0 spiro atoms. The van der Waals surface area contributed by atoms with Gasteiger partial charge in [-0.05, 0) is 38.1 Å². The van der Waals surface area contributed by atoms with Gasteiger partial charge in [0.2, 0.25) is 0 Å². The fourth-order valence-corrected chi connectivity index (χ4v) is 2.54. The van der Waals surface area contributed by atoms with Gasteiger partial charge in [0.25, 0.3) is 5.91 Å². The summed E-state index contributed by atoms with van der Waals surface area (Å²) in [7, 11) is 0. The van der Waals surface area contributed by atoms with E-state index in [0.29, 0.717) is 19.6 Å². The van der Waals surface area contributed by atoms with Gasteiger partial charge in [-0.15, -0.1) is 0 Å². The molecule has 21 heavy (non-hydrogen) atoms. The molecule has 0 bridgehead atoms. The van der Waals surface area contributed by atoms with Crippen molar-refractivity contribution in [2.24, 2.45) is 5.73 Å². The lowest BCUT2D eigenvalue weighted by Gasteiger charge is -2.34. The number of unbranched alkanes of at least 4 members (excludes halogenated alkanes) is 1. The molecule has 1 saturated heterocycles. The van der Waals surface area contributed by atoms with E-state index in [-0.39, 0.29) is 11.3 Å². The van der Waals surface area contributed by atoms with Crippen molar-refractivity contribution >= 4 is 5.91 Å². The van der Waals surface area contributed by atoms with Crippen LogP contribution in [0.5, 0.6) is 5.75 Å². The number of rotatable bonds is 5. The first-order chi connectivity index (χ1) is 10.1. The summed E-state index contributed by atoms with van der Waals surface area (Å²) >= 11 is 0. The lowest BCUT2D eigenvalue weighted by Crippen LogP contribution is -2.49. The van der Waals surface area contributed by atoms with Crippen molar-refractivity contribution in [1.29, 1.82) is 0 Å². The Balaban J connectivity index is 1.91. The maximum absolute atomic E-state index is 13.7. The second-order valence-electron chi connectivity index (χ2n) is 5.26. The number of nitrogens with two attached hydrogens (primary N) is 1. The third-order valence-corrected chi connectivity index (χ3v) is 3.79. The minimum absolute atomic E-state index is 0.228. The number of hydrogen-bond donors (Lipinski definition) is 2. The number of hydrogen-bond acceptors (Lipinski definition) is 4. The van der Waals surface area contributed by atoms with E-state index < -0.39 is 11.7 Å². The van der Waals surface area contributed by atoms with Gasteiger partial charge in [0.1, 0.15) is 17.1 Å². The zero-order valence-electron chi connectivity index (χ0n) is 12.1. The fraction of sp³-hybridized carbons (Fsp3) is 0.533. The second kappa shape index (κ2) is 7.38. The molecule has 1 aliphatic heterocycles. The molecule has 116 valence electrons. The van der Waals surface area contributed by atoms with Crippen LogP contribution in [0.15, 0.2) is 18.2 Å². The van der Waals surface area contributed by atoms with Crippen LogP contribution in [0, 0.1) is 5.82 Å². The van der Waals surface area contributed by atoms with Gasteiger partial charge in [-0.3, -0.25) is 9.69 Å². The molecule has 3 N–H and O–H groups in total. The smallest absolute Gasteiger partial charge is 0.260 e. The Hall–Kier alpha value is -1.66. The first-order valence-corrected chi connectivity index (χ1v) is 7.32. The molecule has 1 amide bonds. The maximum Gasteiger partial charge on any atom is 0.260 e. The van der Waals surface area contributed by atoms with Crippen molar-refractivity contribution in [2.45, 2.75) is 12.8 Å². The summed E-state index contributed by atoms with van der Waals surface area (Å²) < 4.78 is 13.7. The molecule has 5 nitrogen and oxygen atoms in total. The average molecular weight is 295 g/mol. The number of carbonyl (C=O) groups is 1. The minimum Gasteiger partial charge on any atom is -0.507 e. The van der Waals surface area contributed by atoms with Crippen molar-refractivity contribution in [1.82, 2.24) is 9.80 Å². The molecule has 1 aromatic rings. The highest BCUT2D eigenvalue weighted by Gasteiger charge is 2.25. The largest absolute Gasteiger partial charge is 0.507 e. The highest BCUT2D eigenvalue weighted by molar-refractivity contribution is 5.97. The number of phenolic OH excluding ortho intramolecular Hbond substituents is 1. The number of amides is 1. The zero-order chi connectivity index (χ0) is 15.2. The number of nitrogens with zero attached hydrogens (tertiary/aromatic N) is 2. The van der Waals surface area contributed by atoms with Crippen molar-refractivity contribution in [3.63, 3.8) is 0 Å². The van der Waals surface area contributed by atoms with E-state index in [0.717, 1.165) is 32.5 Å². The van der Waals surface area contributed by atoms with Crippen LogP contribution in [0.2, 0.25) is 0 Å². The van der Waals surface area contributed by atoms with Crippen LogP contribution in [-0.4, -0.2) is 60.1 Å². The van der Waals surface area contributed by atoms with Crippen LogP contribution in [-0.2, 0) is 0 Å². The van der Waals surface area contributed by atoms with Gasteiger partial charge in [-0.2, -0.15) is 0 Å². The van der Waals surface area contributed by atoms with Gasteiger partial charge in [0.05, 0.1) is 0 Å². The Morgan fingerprint density at radius 1 is 1.24 bits per heavy atom. The fourth-order valence-electron chi connectivity index (χ4n) is 2.54. The van der Waals surface area contributed by atoms with Crippen molar-refractivity contribution in [3.05, 3.63) is 29.6 Å². The van der Waals surface area contributed by atoms with Crippen LogP contribution in [0.3, 0.4) is 0 Å². The van der Waals surface area contributed by atoms with Gasteiger partial charge >= 0.3 is 0 Å². The second-order valence-corrected chi connectivity index (χ2v) is 5.26. The Morgan fingerprint density at radius 3 is 2.57 bits per heavy atom. The van der Waals surface area contributed by atoms with Crippen LogP contribution < -0.4 is 5.73 Å². The SMILES string of the molecule is NCCCCN1CCN(C(=O)c2c(O)cccc2F)CC1. The Bertz CT molecular complexity index is 468. The number of halogens is 1. The standard InChI is InChI=1S/C15H22FN3O2/c16-12-4-3-5-13(20)14(12)15(21)19-10-8-18(9-11-19)7-2-1-6-17/h3-5,20H,1-2,6-11,17H2. The molecule has 0 aliphatic carbocycles. The lowest BCUT2D eigenvalue weighted by atomic mass is 10.1. The molecular weight excluding hydrogens is 273 g/mol. The minimum atomic E-state index is -0.676. The predicted molar refractivity (Wildman–Crippen MR) is 78.7 cm³/mol. The van der Waals surface area contributed by atoms with Gasteiger partial charge in [0, 0.05) is 26.2 Å². The highest BCUT2D eigenvalue weighted by Crippen LogP contribution is 2.22. The van der Waals surface area contributed by atoms with Gasteiger partial charge in [-0.25, -0.2) is 4.39 Å². The molecule has 1 fully saturated rings. The highest BCUT2D eigenvalue weighted by atomic mass is 19.1. The van der Waals surface area contributed by atoms with E-state index in [4.69, 9.17) is 5.73 Å². The number of aromatic hydroxyl groups is 1. The van der Waals surface area contributed by atoms with Crippen LogP contribution in [0.4, 0.5) is 4.39 Å². The van der Waals surface area contributed by atoms with Crippen molar-refractivity contribution in [2.75, 3.05) is 39.3 Å². The summed E-state index contributed by atoms with van der Waals surface area (Å²) in [6.45, 7) is 4.32. The summed E-state index contributed by atoms with van der Waals surface area (Å²) in [5.41, 5.74) is 5.24. The maximum atomic E-state index is 13.7. The summed E-state index contributed by atoms with van der Waals surface area (Å²) in [6.07, 6.45) is 2.06. The van der Waals surface area contributed by atoms with E-state index in [1.165, 1.54) is 18.2 Å². The van der Waals surface area contributed by atoms with Crippen molar-refractivity contribution < 1.29 is 14.3 Å². The molecule has 1 aromatic carbocycles. The molecule has 0 radical (unpaired) electrons. The van der Waals surface area contributed by atoms with Crippen LogP contribution >= 0.6 is 0 Å². The quantitative estimate of drug-likeness (QED) is 0.796. The van der Waals surface area contributed by atoms with E-state index in [2.05, 4.69) is 4.90 Å². The zero-order valence-corrected chi connectivity index (χ0v) is 12.1. The van der Waals surface area contributed by atoms with E-state index in [9.17, 15) is 14.3 Å². The summed E-state index contributed by atoms with van der Waals surface area (Å²) in [4.78, 5) is 16.2. The monoisotopic (exact) mass is 295 g/mol. The third kappa shape index (κ3) is 3.92. The number of benzene rings is 1. The molecule has 2 rings (SSSR count). The van der Waals surface area contributed by atoms with E-state index >= 15 is 0 Å². The van der Waals surface area contributed by atoms with Gasteiger partial charge in [0.15, 0.2) is 0 Å². The summed E-state index contributed by atoms with van der Waals surface area (Å²) in [5.74, 6) is -1.41. The van der Waals surface area contributed by atoms with Gasteiger partial charge < -0.3 is 15.7 Å². The van der Waals surface area contributed by atoms with E-state index in [1.54, 1.807) is 4.90 Å². The Morgan fingerprint density at radius 2 is 1.95 bits per heavy atom. The first kappa shape index (κ1) is 15.7. The van der Waals surface area contributed by atoms with Crippen LogP contribution in [0.25, 0.3) is 0 Å². The normalized spacial score (nSPS) is 16.2.